The number of pyridine rings is 1. The van der Waals surface area contributed by atoms with Crippen molar-refractivity contribution >= 4 is 0 Å². The SMILES string of the molecule is CCCC(CC)c1ccncc1. The zero-order chi connectivity index (χ0) is 8.81. The Morgan fingerprint density at radius 2 is 1.92 bits per heavy atom. The summed E-state index contributed by atoms with van der Waals surface area (Å²) in [5, 5.41) is 0. The van der Waals surface area contributed by atoms with E-state index >= 15 is 0 Å². The predicted octanol–water partition coefficient (Wildman–Crippen LogP) is 3.38. The van der Waals surface area contributed by atoms with Crippen LogP contribution in [0.1, 0.15) is 44.6 Å². The molecule has 0 aliphatic rings. The van der Waals surface area contributed by atoms with Gasteiger partial charge in [0.25, 0.3) is 0 Å². The maximum Gasteiger partial charge on any atom is 0.0270 e. The molecule has 0 N–H and O–H groups in total. The highest BCUT2D eigenvalue weighted by atomic mass is 14.6. The van der Waals surface area contributed by atoms with E-state index in [0.717, 1.165) is 5.92 Å². The Kier molecular flexibility index (Phi) is 3.78. The molecule has 0 spiro atoms. The van der Waals surface area contributed by atoms with Crippen molar-refractivity contribution in [3.8, 4) is 0 Å². The Bertz CT molecular complexity index is 206. The first kappa shape index (κ1) is 9.24. The van der Waals surface area contributed by atoms with Gasteiger partial charge in [0.2, 0.25) is 0 Å². The fraction of sp³-hybridized carbons (Fsp3) is 0.545. The van der Waals surface area contributed by atoms with Crippen LogP contribution in [0.25, 0.3) is 0 Å². The highest BCUT2D eigenvalue weighted by Gasteiger charge is 2.06. The van der Waals surface area contributed by atoms with Gasteiger partial charge in [0.05, 0.1) is 0 Å². The minimum absolute atomic E-state index is 0.734. The maximum absolute atomic E-state index is 4.02. The van der Waals surface area contributed by atoms with E-state index in [1.54, 1.807) is 0 Å². The molecule has 1 unspecified atom stereocenters. The molecule has 1 atom stereocenters. The Hall–Kier alpha value is -0.850. The molecule has 66 valence electrons. The second-order valence-corrected chi connectivity index (χ2v) is 3.17. The molecule has 1 aromatic heterocycles. The number of hydrogen-bond acceptors (Lipinski definition) is 1. The molecule has 1 rings (SSSR count). The van der Waals surface area contributed by atoms with Crippen molar-refractivity contribution in [1.29, 1.82) is 0 Å². The molecule has 1 heteroatoms. The van der Waals surface area contributed by atoms with Gasteiger partial charge in [-0.3, -0.25) is 4.98 Å². The minimum atomic E-state index is 0.734. The third-order valence-electron chi connectivity index (χ3n) is 2.31. The summed E-state index contributed by atoms with van der Waals surface area (Å²) in [6.45, 7) is 4.49. The Balaban J connectivity index is 2.66. The quantitative estimate of drug-likeness (QED) is 0.663. The zero-order valence-electron chi connectivity index (χ0n) is 7.96. The molecule has 0 aromatic carbocycles. The van der Waals surface area contributed by atoms with E-state index in [9.17, 15) is 0 Å². The van der Waals surface area contributed by atoms with Crippen molar-refractivity contribution in [2.75, 3.05) is 0 Å². The number of hydrogen-bond donors (Lipinski definition) is 0. The molecule has 0 fully saturated rings. The molecule has 0 radical (unpaired) electrons. The summed E-state index contributed by atoms with van der Waals surface area (Å²) >= 11 is 0. The molecule has 0 bridgehead atoms. The van der Waals surface area contributed by atoms with E-state index in [1.807, 2.05) is 12.4 Å². The van der Waals surface area contributed by atoms with Crippen LogP contribution in [-0.2, 0) is 0 Å². The monoisotopic (exact) mass is 163 g/mol. The first-order valence-corrected chi connectivity index (χ1v) is 4.78. The predicted molar refractivity (Wildman–Crippen MR) is 52.2 cm³/mol. The van der Waals surface area contributed by atoms with Crippen molar-refractivity contribution in [3.63, 3.8) is 0 Å². The molecule has 12 heavy (non-hydrogen) atoms. The highest BCUT2D eigenvalue weighted by molar-refractivity contribution is 5.15. The van der Waals surface area contributed by atoms with Crippen LogP contribution in [0.3, 0.4) is 0 Å². The van der Waals surface area contributed by atoms with Crippen molar-refractivity contribution in [3.05, 3.63) is 30.1 Å². The molecule has 1 heterocycles. The molecule has 0 amide bonds. The van der Waals surface area contributed by atoms with Crippen LogP contribution in [0.2, 0.25) is 0 Å². The van der Waals surface area contributed by atoms with Crippen LogP contribution in [0.15, 0.2) is 24.5 Å². The van der Waals surface area contributed by atoms with Crippen molar-refractivity contribution < 1.29 is 0 Å². The Morgan fingerprint density at radius 1 is 1.25 bits per heavy atom. The number of rotatable bonds is 4. The summed E-state index contributed by atoms with van der Waals surface area (Å²) < 4.78 is 0. The van der Waals surface area contributed by atoms with Gasteiger partial charge in [-0.2, -0.15) is 0 Å². The van der Waals surface area contributed by atoms with Crippen molar-refractivity contribution in [1.82, 2.24) is 4.98 Å². The van der Waals surface area contributed by atoms with Gasteiger partial charge in [0.1, 0.15) is 0 Å². The van der Waals surface area contributed by atoms with Gasteiger partial charge in [0.15, 0.2) is 0 Å². The maximum atomic E-state index is 4.02. The Labute approximate surface area is 74.8 Å². The summed E-state index contributed by atoms with van der Waals surface area (Å²) in [6, 6.07) is 4.26. The van der Waals surface area contributed by atoms with Gasteiger partial charge < -0.3 is 0 Å². The summed E-state index contributed by atoms with van der Waals surface area (Å²) in [4.78, 5) is 4.02. The lowest BCUT2D eigenvalue weighted by atomic mass is 9.93. The smallest absolute Gasteiger partial charge is 0.0270 e. The van der Waals surface area contributed by atoms with Gasteiger partial charge >= 0.3 is 0 Å². The molecule has 0 saturated heterocycles. The van der Waals surface area contributed by atoms with Crippen molar-refractivity contribution in [2.45, 2.75) is 39.0 Å². The zero-order valence-corrected chi connectivity index (χ0v) is 7.96. The van der Waals surface area contributed by atoms with Gasteiger partial charge in [0, 0.05) is 12.4 Å². The average molecular weight is 163 g/mol. The van der Waals surface area contributed by atoms with Crippen LogP contribution in [-0.4, -0.2) is 4.98 Å². The fourth-order valence-electron chi connectivity index (χ4n) is 1.59. The molecular formula is C11H17N. The minimum Gasteiger partial charge on any atom is -0.265 e. The van der Waals surface area contributed by atoms with Gasteiger partial charge in [-0.05, 0) is 36.5 Å². The van der Waals surface area contributed by atoms with Crippen LogP contribution >= 0.6 is 0 Å². The third kappa shape index (κ3) is 2.33. The lowest BCUT2D eigenvalue weighted by Crippen LogP contribution is -1.96. The van der Waals surface area contributed by atoms with Gasteiger partial charge in [-0.15, -0.1) is 0 Å². The fourth-order valence-corrected chi connectivity index (χ4v) is 1.59. The van der Waals surface area contributed by atoms with Crippen LogP contribution < -0.4 is 0 Å². The second kappa shape index (κ2) is 4.91. The third-order valence-corrected chi connectivity index (χ3v) is 2.31. The van der Waals surface area contributed by atoms with Gasteiger partial charge in [-0.25, -0.2) is 0 Å². The van der Waals surface area contributed by atoms with E-state index in [4.69, 9.17) is 0 Å². The largest absolute Gasteiger partial charge is 0.265 e. The summed E-state index contributed by atoms with van der Waals surface area (Å²) in [5.41, 5.74) is 1.44. The molecule has 0 saturated carbocycles. The van der Waals surface area contributed by atoms with E-state index in [1.165, 1.54) is 24.8 Å². The topological polar surface area (TPSA) is 12.9 Å². The average Bonchev–Trinajstić information content (AvgIpc) is 2.15. The van der Waals surface area contributed by atoms with E-state index < -0.39 is 0 Å². The van der Waals surface area contributed by atoms with Crippen LogP contribution in [0.5, 0.6) is 0 Å². The summed E-state index contributed by atoms with van der Waals surface area (Å²) in [6.07, 6.45) is 7.56. The van der Waals surface area contributed by atoms with E-state index in [2.05, 4.69) is 31.0 Å². The van der Waals surface area contributed by atoms with E-state index in [-0.39, 0.29) is 0 Å². The van der Waals surface area contributed by atoms with Gasteiger partial charge in [-0.1, -0.05) is 20.3 Å². The number of aromatic nitrogens is 1. The van der Waals surface area contributed by atoms with Crippen LogP contribution in [0.4, 0.5) is 0 Å². The summed E-state index contributed by atoms with van der Waals surface area (Å²) in [5.74, 6) is 0.734. The molecular weight excluding hydrogens is 146 g/mol. The lowest BCUT2D eigenvalue weighted by Gasteiger charge is -2.13. The molecule has 1 aromatic rings. The summed E-state index contributed by atoms with van der Waals surface area (Å²) in [7, 11) is 0. The highest BCUT2D eigenvalue weighted by Crippen LogP contribution is 2.23. The van der Waals surface area contributed by atoms with Crippen molar-refractivity contribution in [2.24, 2.45) is 0 Å². The molecule has 1 nitrogen and oxygen atoms in total. The lowest BCUT2D eigenvalue weighted by molar-refractivity contribution is 0.595. The normalized spacial score (nSPS) is 12.8. The van der Waals surface area contributed by atoms with Crippen LogP contribution in [0, 0.1) is 0 Å². The molecule has 0 aliphatic heterocycles. The molecule has 0 aliphatic carbocycles. The standard InChI is InChI=1S/C11H17N/c1-3-5-10(4-2)11-6-8-12-9-7-11/h6-10H,3-5H2,1-2H3. The first-order valence-electron chi connectivity index (χ1n) is 4.78. The first-order chi connectivity index (χ1) is 5.88. The van der Waals surface area contributed by atoms with E-state index in [0.29, 0.717) is 0 Å². The Morgan fingerprint density at radius 3 is 2.42 bits per heavy atom. The second-order valence-electron chi connectivity index (χ2n) is 3.17. The number of nitrogens with zero attached hydrogens (tertiary/aromatic N) is 1.